The average Bonchev–Trinajstić information content (AvgIpc) is 3.48. The van der Waals surface area contributed by atoms with Crippen LogP contribution >= 0.6 is 0 Å². The number of aliphatic hydroxyl groups excluding tert-OH is 1. The number of amides is 2. The van der Waals surface area contributed by atoms with Crippen LogP contribution in [0.4, 0.5) is 0 Å². The molecule has 5 fully saturated rings. The van der Waals surface area contributed by atoms with Crippen molar-refractivity contribution < 1.29 is 38.4 Å². The van der Waals surface area contributed by atoms with Crippen LogP contribution in [0.3, 0.4) is 0 Å². The number of allylic oxidation sites excluding steroid dienone is 1. The molecule has 0 bridgehead atoms. The Morgan fingerprint density at radius 3 is 2.39 bits per heavy atom. The molecule has 0 radical (unpaired) electrons. The first kappa shape index (κ1) is 42.1. The lowest BCUT2D eigenvalue weighted by Crippen LogP contribution is -2.49. The van der Waals surface area contributed by atoms with Gasteiger partial charge in [-0.05, 0) is 106 Å². The van der Waals surface area contributed by atoms with E-state index in [1.165, 1.54) is 18.4 Å². The van der Waals surface area contributed by atoms with Gasteiger partial charge < -0.3 is 34.3 Å². The number of likely N-dealkylation sites (tertiary alicyclic amines) is 1. The number of benzene rings is 1. The van der Waals surface area contributed by atoms with E-state index in [9.17, 15) is 19.5 Å². The second-order valence-electron chi connectivity index (χ2n) is 18.7. The lowest BCUT2D eigenvalue weighted by Gasteiger charge is -2.53. The van der Waals surface area contributed by atoms with E-state index < -0.39 is 36.1 Å². The van der Waals surface area contributed by atoms with E-state index in [2.05, 4.69) is 46.0 Å². The minimum atomic E-state index is -0.816. The number of nitrogens with one attached hydrogen (secondary N) is 1. The Balaban J connectivity index is 1.09. The molecule has 57 heavy (non-hydrogen) atoms. The number of rotatable bonds is 15. The van der Waals surface area contributed by atoms with Crippen LogP contribution in [0.15, 0.2) is 41.5 Å². The second-order valence-corrected chi connectivity index (χ2v) is 18.7. The van der Waals surface area contributed by atoms with E-state index in [0.717, 1.165) is 76.2 Å². The van der Waals surface area contributed by atoms with Gasteiger partial charge in [0.15, 0.2) is 5.79 Å². The van der Waals surface area contributed by atoms with Gasteiger partial charge in [-0.15, -0.1) is 0 Å². The van der Waals surface area contributed by atoms with E-state index in [1.54, 1.807) is 4.90 Å². The summed E-state index contributed by atoms with van der Waals surface area (Å²) in [7, 11) is 0. The zero-order valence-electron chi connectivity index (χ0n) is 35.2. The zero-order valence-corrected chi connectivity index (χ0v) is 35.2. The quantitative estimate of drug-likeness (QED) is 0.104. The first-order chi connectivity index (χ1) is 27.4. The number of epoxide rings is 1. The summed E-state index contributed by atoms with van der Waals surface area (Å²) in [5.74, 6) is -0.540. The number of carbonyl (C=O) groups is 3. The van der Waals surface area contributed by atoms with Crippen LogP contribution in [0, 0.1) is 17.3 Å². The molecule has 6 aliphatic rings. The maximum absolute atomic E-state index is 14.2. The molecule has 10 nitrogen and oxygen atoms in total. The van der Waals surface area contributed by atoms with Crippen LogP contribution in [-0.2, 0) is 28.5 Å². The summed E-state index contributed by atoms with van der Waals surface area (Å²) in [5.41, 5.74) is 3.89. The largest absolute Gasteiger partial charge is 0.456 e. The van der Waals surface area contributed by atoms with Gasteiger partial charge in [0.1, 0.15) is 24.4 Å². The molecule has 10 heteroatoms. The molecule has 8 atom stereocenters. The molecule has 0 aromatic heterocycles. The lowest BCUT2D eigenvalue weighted by atomic mass is 9.52. The van der Waals surface area contributed by atoms with Gasteiger partial charge >= 0.3 is 5.97 Å². The van der Waals surface area contributed by atoms with Crippen molar-refractivity contribution in [3.63, 3.8) is 0 Å². The van der Waals surface area contributed by atoms with Crippen molar-refractivity contribution >= 4 is 23.9 Å². The summed E-state index contributed by atoms with van der Waals surface area (Å²) in [6.07, 6.45) is 17.4. The minimum Gasteiger partial charge on any atom is -0.456 e. The number of ether oxygens (including phenoxy) is 4. The van der Waals surface area contributed by atoms with Gasteiger partial charge in [0.05, 0.1) is 23.9 Å². The normalized spacial score (nSPS) is 33.1. The van der Waals surface area contributed by atoms with E-state index >= 15 is 0 Å². The number of unbranched alkanes of at least 4 members (excludes halogenated alkanes) is 4. The maximum Gasteiger partial charge on any atom is 0.338 e. The first-order valence-electron chi connectivity index (χ1n) is 22.3. The van der Waals surface area contributed by atoms with E-state index in [1.807, 2.05) is 30.3 Å². The summed E-state index contributed by atoms with van der Waals surface area (Å²) in [5, 5.41) is 12.0. The zero-order chi connectivity index (χ0) is 40.4. The van der Waals surface area contributed by atoms with Gasteiger partial charge in [0.25, 0.3) is 0 Å². The molecule has 2 saturated carbocycles. The first-order valence-corrected chi connectivity index (χ1v) is 22.3. The standard InChI is InChI=1S/C47H68N2O8/c1-6-8-10-21-47(22-11-9-7-2)55-39-29-34(43(52)49-25-12-13-37(49)42(51)48-24-26-50)28-38(41(39)57-47)54-44(53)32-16-14-31(15-17-32)27-33-18-19-40-46(5,56-40)23-20-36-35(33)30-45(36,3)4/h14-17,27,29,35-41,50H,6-13,18-26,28,30H2,1-5H3,(H,48,51). The number of fused-ring (bicyclic) bond motifs is 3. The van der Waals surface area contributed by atoms with Crippen LogP contribution < -0.4 is 5.32 Å². The number of carbonyl (C=O) groups excluding carboxylic acids is 3. The monoisotopic (exact) mass is 788 g/mol. The molecule has 1 aromatic carbocycles. The molecule has 314 valence electrons. The van der Waals surface area contributed by atoms with Crippen molar-refractivity contribution in [2.45, 2.75) is 179 Å². The Morgan fingerprint density at radius 2 is 1.70 bits per heavy atom. The van der Waals surface area contributed by atoms with Crippen molar-refractivity contribution in [3.8, 4) is 0 Å². The fourth-order valence-corrected chi connectivity index (χ4v) is 10.7. The van der Waals surface area contributed by atoms with Crippen molar-refractivity contribution in [2.75, 3.05) is 19.7 Å². The molecule has 3 aliphatic heterocycles. The number of hydrogen-bond acceptors (Lipinski definition) is 8. The smallest absolute Gasteiger partial charge is 0.338 e. The molecule has 1 aromatic rings. The molecule has 2 N–H and O–H groups in total. The fourth-order valence-electron chi connectivity index (χ4n) is 10.7. The Morgan fingerprint density at radius 1 is 0.965 bits per heavy atom. The van der Waals surface area contributed by atoms with Crippen LogP contribution in [0.2, 0.25) is 0 Å². The maximum atomic E-state index is 14.2. The van der Waals surface area contributed by atoms with E-state index in [4.69, 9.17) is 18.9 Å². The fraction of sp³-hybridized carbons (Fsp3) is 0.723. The molecule has 2 amide bonds. The summed E-state index contributed by atoms with van der Waals surface area (Å²) < 4.78 is 26.2. The van der Waals surface area contributed by atoms with Crippen molar-refractivity contribution in [1.29, 1.82) is 0 Å². The van der Waals surface area contributed by atoms with Crippen molar-refractivity contribution in [1.82, 2.24) is 10.2 Å². The van der Waals surface area contributed by atoms with Crippen LogP contribution in [0.25, 0.3) is 6.08 Å². The molecule has 8 unspecified atom stereocenters. The van der Waals surface area contributed by atoms with Gasteiger partial charge in [-0.25, -0.2) is 4.79 Å². The van der Waals surface area contributed by atoms with Gasteiger partial charge in [0.2, 0.25) is 11.8 Å². The van der Waals surface area contributed by atoms with Crippen LogP contribution in [0.5, 0.6) is 0 Å². The number of hydrogen-bond donors (Lipinski definition) is 2. The third-order valence-corrected chi connectivity index (χ3v) is 14.2. The predicted octanol–water partition coefficient (Wildman–Crippen LogP) is 8.06. The molecule has 3 aliphatic carbocycles. The summed E-state index contributed by atoms with van der Waals surface area (Å²) in [6.45, 7) is 11.9. The topological polar surface area (TPSA) is 127 Å². The third-order valence-electron chi connectivity index (χ3n) is 14.2. The molecule has 3 saturated heterocycles. The molecule has 7 rings (SSSR count). The summed E-state index contributed by atoms with van der Waals surface area (Å²) in [4.78, 5) is 42.8. The lowest BCUT2D eigenvalue weighted by molar-refractivity contribution is -0.190. The highest BCUT2D eigenvalue weighted by Crippen LogP contribution is 2.60. The highest BCUT2D eigenvalue weighted by atomic mass is 16.8. The Bertz CT molecular complexity index is 1660. The SMILES string of the molecule is CCCCCC1(CCCCC)OC2C=C(C(=O)N3CCCC3C(=O)NCCO)CC(OC(=O)c3ccc(C=C4CCC5OC5(C)CCC5C4CC5(C)C)cc3)C2O1. The van der Waals surface area contributed by atoms with Gasteiger partial charge in [-0.3, -0.25) is 9.59 Å². The predicted molar refractivity (Wildman–Crippen MR) is 219 cm³/mol. The molecular weight excluding hydrogens is 721 g/mol. The average molecular weight is 789 g/mol. The Kier molecular flexibility index (Phi) is 13.0. The summed E-state index contributed by atoms with van der Waals surface area (Å²) in [6, 6.07) is 7.11. The molecule has 3 heterocycles. The highest BCUT2D eigenvalue weighted by molar-refractivity contribution is 5.98. The Labute approximate surface area is 340 Å². The third kappa shape index (κ3) is 9.24. The minimum absolute atomic E-state index is 0.0465. The van der Waals surface area contributed by atoms with Crippen molar-refractivity contribution in [3.05, 3.63) is 52.6 Å². The van der Waals surface area contributed by atoms with E-state index in [0.29, 0.717) is 53.9 Å². The number of esters is 1. The second kappa shape index (κ2) is 17.7. The van der Waals surface area contributed by atoms with Gasteiger partial charge in [-0.2, -0.15) is 0 Å². The molecular formula is C47H68N2O8. The van der Waals surface area contributed by atoms with Crippen LogP contribution in [0.1, 0.15) is 153 Å². The Hall–Kier alpha value is -3.05. The van der Waals surface area contributed by atoms with Crippen molar-refractivity contribution in [2.24, 2.45) is 17.3 Å². The molecule has 0 spiro atoms. The summed E-state index contributed by atoms with van der Waals surface area (Å²) >= 11 is 0. The van der Waals surface area contributed by atoms with Gasteiger partial charge in [0, 0.05) is 37.9 Å². The van der Waals surface area contributed by atoms with Gasteiger partial charge in [-0.1, -0.05) is 77.2 Å². The van der Waals surface area contributed by atoms with E-state index in [-0.39, 0.29) is 37.0 Å². The van der Waals surface area contributed by atoms with Crippen LogP contribution in [-0.4, -0.2) is 89.3 Å². The number of nitrogens with zero attached hydrogens (tertiary/aromatic N) is 1. The number of aliphatic hydroxyl groups is 1. The highest BCUT2D eigenvalue weighted by Gasteiger charge is 2.56.